The first-order valence-electron chi connectivity index (χ1n) is 8.42. The lowest BCUT2D eigenvalue weighted by Gasteiger charge is -2.27. The zero-order valence-electron chi connectivity index (χ0n) is 14.2. The number of nitrogens with one attached hydrogen (secondary N) is 1. The molecule has 0 unspecified atom stereocenters. The maximum absolute atomic E-state index is 5.86. The molecule has 3 aromatic rings. The fraction of sp³-hybridized carbons (Fsp3) is 0.263. The molecule has 6 nitrogen and oxygen atoms in total. The monoisotopic (exact) mass is 335 g/mol. The Morgan fingerprint density at radius 1 is 1.16 bits per heavy atom. The highest BCUT2D eigenvalue weighted by Gasteiger charge is 2.16. The molecule has 3 heterocycles. The van der Waals surface area contributed by atoms with Gasteiger partial charge in [-0.3, -0.25) is 0 Å². The third-order valence-corrected chi connectivity index (χ3v) is 4.43. The molecule has 0 radical (unpaired) electrons. The predicted molar refractivity (Wildman–Crippen MR) is 99.4 cm³/mol. The van der Waals surface area contributed by atoms with Crippen LogP contribution in [0.3, 0.4) is 0 Å². The van der Waals surface area contributed by atoms with E-state index in [1.54, 1.807) is 6.20 Å². The van der Waals surface area contributed by atoms with Gasteiger partial charge in [0, 0.05) is 36.6 Å². The molecule has 2 aromatic heterocycles. The molecule has 0 bridgehead atoms. The first-order chi connectivity index (χ1) is 12.2. The number of hydrogen-bond acceptors (Lipinski definition) is 5. The molecule has 1 aliphatic rings. The van der Waals surface area contributed by atoms with Crippen LogP contribution < -0.4 is 10.6 Å². The molecule has 1 aliphatic heterocycles. The molecule has 4 rings (SSSR count). The van der Waals surface area contributed by atoms with Crippen molar-refractivity contribution in [1.82, 2.24) is 15.0 Å². The van der Waals surface area contributed by atoms with Crippen molar-refractivity contribution in [2.45, 2.75) is 6.92 Å². The summed E-state index contributed by atoms with van der Waals surface area (Å²) < 4.78 is 5.42. The summed E-state index contributed by atoms with van der Waals surface area (Å²) in [6, 6.07) is 10.4. The van der Waals surface area contributed by atoms with Crippen LogP contribution in [-0.2, 0) is 4.74 Å². The molecular weight excluding hydrogens is 314 g/mol. The molecule has 1 aromatic carbocycles. The number of rotatable bonds is 3. The van der Waals surface area contributed by atoms with Crippen molar-refractivity contribution in [2.75, 3.05) is 36.9 Å². The van der Waals surface area contributed by atoms with E-state index in [9.17, 15) is 0 Å². The van der Waals surface area contributed by atoms with E-state index >= 15 is 0 Å². The van der Waals surface area contributed by atoms with E-state index < -0.39 is 0 Å². The maximum atomic E-state index is 5.86. The van der Waals surface area contributed by atoms with Gasteiger partial charge >= 0.3 is 0 Å². The number of ether oxygens (including phenoxy) is 1. The largest absolute Gasteiger partial charge is 0.378 e. The molecule has 0 saturated carbocycles. The topological polar surface area (TPSA) is 80.1 Å². The van der Waals surface area contributed by atoms with E-state index in [0.29, 0.717) is 0 Å². The van der Waals surface area contributed by atoms with E-state index in [2.05, 4.69) is 51.0 Å². The van der Waals surface area contributed by atoms with Crippen molar-refractivity contribution >= 4 is 11.8 Å². The number of aromatic nitrogens is 3. The van der Waals surface area contributed by atoms with Crippen LogP contribution in [0.1, 0.15) is 5.56 Å². The van der Waals surface area contributed by atoms with Crippen molar-refractivity contribution in [2.24, 2.45) is 0 Å². The van der Waals surface area contributed by atoms with Crippen molar-refractivity contribution < 1.29 is 4.74 Å². The fourth-order valence-electron chi connectivity index (χ4n) is 3.15. The highest BCUT2D eigenvalue weighted by Crippen LogP contribution is 2.32. The standard InChI is InChI=1S/C19H21N5O/c1-13-3-2-4-14(9-13)16-12-22-19(20)23-18(16)15-10-17(21-11-15)24-5-7-25-8-6-24/h2-4,9-12,21H,5-8H2,1H3,(H2,20,22,23). The van der Waals surface area contributed by atoms with Crippen LogP contribution in [0, 0.1) is 6.92 Å². The summed E-state index contributed by atoms with van der Waals surface area (Å²) in [4.78, 5) is 14.3. The molecule has 1 saturated heterocycles. The van der Waals surface area contributed by atoms with Crippen molar-refractivity contribution in [3.63, 3.8) is 0 Å². The zero-order chi connectivity index (χ0) is 17.2. The Kier molecular flexibility index (Phi) is 4.11. The third-order valence-electron chi connectivity index (χ3n) is 4.43. The highest BCUT2D eigenvalue weighted by atomic mass is 16.5. The summed E-state index contributed by atoms with van der Waals surface area (Å²) in [5, 5.41) is 0. The van der Waals surface area contributed by atoms with E-state index in [1.807, 2.05) is 12.3 Å². The number of morpholine rings is 1. The molecule has 0 spiro atoms. The minimum absolute atomic E-state index is 0.278. The van der Waals surface area contributed by atoms with Crippen LogP contribution in [0.15, 0.2) is 42.7 Å². The Balaban J connectivity index is 1.75. The summed E-state index contributed by atoms with van der Waals surface area (Å²) in [5.74, 6) is 1.35. The number of nitrogens with two attached hydrogens (primary N) is 1. The van der Waals surface area contributed by atoms with Crippen molar-refractivity contribution in [3.8, 4) is 22.4 Å². The lowest BCUT2D eigenvalue weighted by atomic mass is 10.0. The minimum Gasteiger partial charge on any atom is -0.378 e. The van der Waals surface area contributed by atoms with Gasteiger partial charge in [0.15, 0.2) is 0 Å². The van der Waals surface area contributed by atoms with Crippen LogP contribution in [0.2, 0.25) is 0 Å². The average Bonchev–Trinajstić information content (AvgIpc) is 3.12. The number of nitrogen functional groups attached to an aromatic ring is 1. The van der Waals surface area contributed by atoms with Crippen LogP contribution in [-0.4, -0.2) is 41.3 Å². The number of nitrogens with zero attached hydrogens (tertiary/aromatic N) is 3. The Morgan fingerprint density at radius 3 is 2.80 bits per heavy atom. The molecule has 3 N–H and O–H groups in total. The normalized spacial score (nSPS) is 14.7. The molecule has 128 valence electrons. The highest BCUT2D eigenvalue weighted by molar-refractivity contribution is 5.82. The number of aromatic amines is 1. The Hall–Kier alpha value is -2.86. The summed E-state index contributed by atoms with van der Waals surface area (Å²) in [7, 11) is 0. The van der Waals surface area contributed by atoms with Gasteiger partial charge in [0.2, 0.25) is 5.95 Å². The smallest absolute Gasteiger partial charge is 0.220 e. The number of H-pyrrole nitrogens is 1. The number of benzene rings is 1. The van der Waals surface area contributed by atoms with Crippen LogP contribution in [0.5, 0.6) is 0 Å². The van der Waals surface area contributed by atoms with Gasteiger partial charge < -0.3 is 20.4 Å². The van der Waals surface area contributed by atoms with Gasteiger partial charge in [-0.2, -0.15) is 0 Å². The lowest BCUT2D eigenvalue weighted by Crippen LogP contribution is -2.36. The maximum Gasteiger partial charge on any atom is 0.220 e. The molecule has 1 fully saturated rings. The van der Waals surface area contributed by atoms with Crippen molar-refractivity contribution in [1.29, 1.82) is 0 Å². The van der Waals surface area contributed by atoms with E-state index in [-0.39, 0.29) is 5.95 Å². The first kappa shape index (κ1) is 15.7. The minimum atomic E-state index is 0.278. The summed E-state index contributed by atoms with van der Waals surface area (Å²) in [6.45, 7) is 5.36. The lowest BCUT2D eigenvalue weighted by molar-refractivity contribution is 0.122. The predicted octanol–water partition coefficient (Wildman–Crippen LogP) is 2.87. The van der Waals surface area contributed by atoms with Gasteiger partial charge in [0.25, 0.3) is 0 Å². The van der Waals surface area contributed by atoms with Gasteiger partial charge in [-0.25, -0.2) is 9.97 Å². The Morgan fingerprint density at radius 2 is 2.00 bits per heavy atom. The second kappa shape index (κ2) is 6.57. The van der Waals surface area contributed by atoms with Crippen molar-refractivity contribution in [3.05, 3.63) is 48.3 Å². The summed E-state index contributed by atoms with van der Waals surface area (Å²) in [5.41, 5.74) is 11.0. The first-order valence-corrected chi connectivity index (χ1v) is 8.42. The third kappa shape index (κ3) is 3.21. The molecular formula is C19H21N5O. The van der Waals surface area contributed by atoms with Gasteiger partial charge in [-0.1, -0.05) is 29.8 Å². The molecule has 0 aliphatic carbocycles. The summed E-state index contributed by atoms with van der Waals surface area (Å²) >= 11 is 0. The number of hydrogen-bond donors (Lipinski definition) is 2. The van der Waals surface area contributed by atoms with Crippen LogP contribution in [0.25, 0.3) is 22.4 Å². The quantitative estimate of drug-likeness (QED) is 0.769. The molecule has 0 amide bonds. The molecule has 6 heteroatoms. The molecule has 0 atom stereocenters. The zero-order valence-corrected chi connectivity index (χ0v) is 14.2. The Bertz CT molecular complexity index is 883. The fourth-order valence-corrected chi connectivity index (χ4v) is 3.15. The second-order valence-electron chi connectivity index (χ2n) is 6.23. The van der Waals surface area contributed by atoms with Crippen LogP contribution in [0.4, 0.5) is 11.8 Å². The van der Waals surface area contributed by atoms with Gasteiger partial charge in [-0.05, 0) is 18.6 Å². The van der Waals surface area contributed by atoms with E-state index in [1.165, 1.54) is 5.56 Å². The van der Waals surface area contributed by atoms with Gasteiger partial charge in [0.1, 0.15) is 5.82 Å². The van der Waals surface area contributed by atoms with E-state index in [0.717, 1.165) is 54.5 Å². The van der Waals surface area contributed by atoms with E-state index in [4.69, 9.17) is 10.5 Å². The summed E-state index contributed by atoms with van der Waals surface area (Å²) in [6.07, 6.45) is 3.78. The Labute approximate surface area is 146 Å². The van der Waals surface area contributed by atoms with Crippen LogP contribution >= 0.6 is 0 Å². The van der Waals surface area contributed by atoms with Gasteiger partial charge in [-0.15, -0.1) is 0 Å². The average molecular weight is 335 g/mol. The number of aryl methyl sites for hydroxylation is 1. The number of anilines is 2. The SMILES string of the molecule is Cc1cccc(-c2cnc(N)nc2-c2c[nH]c(N3CCOCC3)c2)c1. The molecule has 25 heavy (non-hydrogen) atoms. The second-order valence-corrected chi connectivity index (χ2v) is 6.23. The van der Waals surface area contributed by atoms with Gasteiger partial charge in [0.05, 0.1) is 18.9 Å².